The van der Waals surface area contributed by atoms with E-state index in [9.17, 15) is 9.59 Å². The normalized spacial score (nSPS) is 13.7. The predicted octanol–water partition coefficient (Wildman–Crippen LogP) is 3.45. The highest BCUT2D eigenvalue weighted by molar-refractivity contribution is 8.38. The molecule has 0 unspecified atom stereocenters. The van der Waals surface area contributed by atoms with Crippen molar-refractivity contribution < 1.29 is 18.7 Å². The van der Waals surface area contributed by atoms with Crippen LogP contribution in [0.25, 0.3) is 11.0 Å². The Kier molecular flexibility index (Phi) is 6.62. The first-order valence-electron chi connectivity index (χ1n) is 8.43. The maximum absolute atomic E-state index is 12.5. The van der Waals surface area contributed by atoms with E-state index in [1.54, 1.807) is 23.5 Å². The SMILES string of the molecule is CCCNC(=O)COC(=O)c1oc2ccccc2c1CSC1=NCCS1. The number of hydrogen-bond donors (Lipinski definition) is 1. The molecule has 1 aromatic carbocycles. The summed E-state index contributed by atoms with van der Waals surface area (Å²) in [5, 5.41) is 3.55. The van der Waals surface area contributed by atoms with E-state index in [1.165, 1.54) is 0 Å². The van der Waals surface area contributed by atoms with Crippen LogP contribution in [0.5, 0.6) is 0 Å². The van der Waals surface area contributed by atoms with Crippen LogP contribution in [-0.2, 0) is 15.3 Å². The number of para-hydroxylation sites is 1. The molecule has 0 saturated heterocycles. The quantitative estimate of drug-likeness (QED) is 0.727. The van der Waals surface area contributed by atoms with Crippen molar-refractivity contribution in [3.05, 3.63) is 35.6 Å². The molecule has 1 aliphatic heterocycles. The molecule has 138 valence electrons. The van der Waals surface area contributed by atoms with Crippen molar-refractivity contribution >= 4 is 50.7 Å². The van der Waals surface area contributed by atoms with Gasteiger partial charge in [-0.05, 0) is 12.5 Å². The number of carbonyl (C=O) groups excluding carboxylic acids is 2. The van der Waals surface area contributed by atoms with E-state index in [-0.39, 0.29) is 18.3 Å². The number of aliphatic imine (C=N–C) groups is 1. The molecule has 1 aromatic heterocycles. The summed E-state index contributed by atoms with van der Waals surface area (Å²) in [6.07, 6.45) is 0.826. The largest absolute Gasteiger partial charge is 0.450 e. The van der Waals surface area contributed by atoms with Crippen LogP contribution >= 0.6 is 23.5 Å². The zero-order chi connectivity index (χ0) is 18.4. The summed E-state index contributed by atoms with van der Waals surface area (Å²) in [5.41, 5.74) is 1.41. The third-order valence-corrected chi connectivity index (χ3v) is 5.97. The van der Waals surface area contributed by atoms with Crippen LogP contribution < -0.4 is 5.32 Å². The number of rotatable bonds is 7. The minimum atomic E-state index is -0.621. The van der Waals surface area contributed by atoms with Crippen molar-refractivity contribution in [1.29, 1.82) is 0 Å². The number of hydrogen-bond acceptors (Lipinski definition) is 7. The standard InChI is InChI=1S/C18H20N2O4S2/c1-2-7-19-15(21)10-23-17(22)16-13(11-26-18-20-8-9-25-18)12-5-3-4-6-14(12)24-16/h3-6H,2,7-11H2,1H3,(H,19,21). The van der Waals surface area contributed by atoms with Gasteiger partial charge in [0.25, 0.3) is 5.91 Å². The molecule has 0 fully saturated rings. The Labute approximate surface area is 160 Å². The average molecular weight is 393 g/mol. The highest BCUT2D eigenvalue weighted by Gasteiger charge is 2.23. The second kappa shape index (κ2) is 9.14. The first-order valence-corrected chi connectivity index (χ1v) is 10.4. The molecule has 1 N–H and O–H groups in total. The number of esters is 1. The second-order valence-corrected chi connectivity index (χ2v) is 7.92. The number of nitrogens with zero attached hydrogens (tertiary/aromatic N) is 1. The molecular formula is C18H20N2O4S2. The minimum Gasteiger partial charge on any atom is -0.450 e. The molecule has 1 amide bonds. The smallest absolute Gasteiger partial charge is 0.375 e. The summed E-state index contributed by atoms with van der Waals surface area (Å²) in [6.45, 7) is 3.03. The molecule has 0 bridgehead atoms. The van der Waals surface area contributed by atoms with Crippen LogP contribution in [0.15, 0.2) is 33.7 Å². The van der Waals surface area contributed by atoms with Crippen molar-refractivity contribution in [2.75, 3.05) is 25.4 Å². The number of furan rings is 1. The maximum atomic E-state index is 12.5. The van der Waals surface area contributed by atoms with Crippen LogP contribution in [-0.4, -0.2) is 41.7 Å². The third-order valence-electron chi connectivity index (χ3n) is 3.69. The molecule has 2 heterocycles. The lowest BCUT2D eigenvalue weighted by Gasteiger charge is -2.06. The summed E-state index contributed by atoms with van der Waals surface area (Å²) in [7, 11) is 0. The Morgan fingerprint density at radius 3 is 3.00 bits per heavy atom. The molecule has 0 aliphatic carbocycles. The molecule has 1 aliphatic rings. The zero-order valence-electron chi connectivity index (χ0n) is 14.4. The Hall–Kier alpha value is -1.93. The van der Waals surface area contributed by atoms with Gasteiger partial charge < -0.3 is 14.5 Å². The Morgan fingerprint density at radius 2 is 2.23 bits per heavy atom. The highest BCUT2D eigenvalue weighted by Crippen LogP contribution is 2.32. The highest BCUT2D eigenvalue weighted by atomic mass is 32.2. The molecule has 26 heavy (non-hydrogen) atoms. The lowest BCUT2D eigenvalue weighted by Crippen LogP contribution is -2.29. The molecule has 8 heteroatoms. The van der Waals surface area contributed by atoms with Crippen molar-refractivity contribution in [1.82, 2.24) is 5.32 Å². The first-order chi connectivity index (χ1) is 12.7. The monoisotopic (exact) mass is 392 g/mol. The number of nitrogens with one attached hydrogen (secondary N) is 1. The van der Waals surface area contributed by atoms with Gasteiger partial charge in [0, 0.05) is 29.0 Å². The van der Waals surface area contributed by atoms with E-state index in [2.05, 4.69) is 10.3 Å². The predicted molar refractivity (Wildman–Crippen MR) is 106 cm³/mol. The van der Waals surface area contributed by atoms with Gasteiger partial charge in [-0.2, -0.15) is 0 Å². The molecular weight excluding hydrogens is 372 g/mol. The van der Waals surface area contributed by atoms with E-state index in [1.807, 2.05) is 31.2 Å². The van der Waals surface area contributed by atoms with E-state index >= 15 is 0 Å². The van der Waals surface area contributed by atoms with Crippen molar-refractivity contribution in [2.24, 2.45) is 4.99 Å². The molecule has 6 nitrogen and oxygen atoms in total. The van der Waals surface area contributed by atoms with Crippen LogP contribution in [0.1, 0.15) is 29.5 Å². The zero-order valence-corrected chi connectivity index (χ0v) is 16.1. The first kappa shape index (κ1) is 18.8. The summed E-state index contributed by atoms with van der Waals surface area (Å²) < 4.78 is 11.9. The number of benzene rings is 1. The fourth-order valence-electron chi connectivity index (χ4n) is 2.46. The van der Waals surface area contributed by atoms with E-state index < -0.39 is 5.97 Å². The minimum absolute atomic E-state index is 0.158. The Balaban J connectivity index is 1.74. The van der Waals surface area contributed by atoms with Crippen molar-refractivity contribution in [2.45, 2.75) is 19.1 Å². The van der Waals surface area contributed by atoms with Gasteiger partial charge in [0.1, 0.15) is 9.96 Å². The van der Waals surface area contributed by atoms with Gasteiger partial charge in [-0.15, -0.1) is 0 Å². The molecule has 0 spiro atoms. The number of carbonyl (C=O) groups is 2. The van der Waals surface area contributed by atoms with E-state index in [0.29, 0.717) is 17.9 Å². The Bertz CT molecular complexity index is 832. The number of ether oxygens (including phenoxy) is 1. The van der Waals surface area contributed by atoms with Gasteiger partial charge in [0.15, 0.2) is 6.61 Å². The summed E-state index contributed by atoms with van der Waals surface area (Å²) in [5.74, 6) is 0.782. The lowest BCUT2D eigenvalue weighted by molar-refractivity contribution is -0.124. The topological polar surface area (TPSA) is 80.9 Å². The maximum Gasteiger partial charge on any atom is 0.375 e. The molecule has 3 rings (SSSR count). The number of thioether (sulfide) groups is 2. The van der Waals surface area contributed by atoms with Gasteiger partial charge in [-0.25, -0.2) is 4.79 Å². The molecule has 2 aromatic rings. The van der Waals surface area contributed by atoms with Crippen LogP contribution in [0, 0.1) is 0 Å². The molecule has 0 saturated carbocycles. The van der Waals surface area contributed by atoms with Crippen molar-refractivity contribution in [3.63, 3.8) is 0 Å². The third kappa shape index (κ3) is 4.62. The van der Waals surface area contributed by atoms with Crippen LogP contribution in [0.2, 0.25) is 0 Å². The average Bonchev–Trinajstić information content (AvgIpc) is 3.30. The van der Waals surface area contributed by atoms with Gasteiger partial charge in [0.2, 0.25) is 5.76 Å². The van der Waals surface area contributed by atoms with Crippen LogP contribution in [0.4, 0.5) is 0 Å². The summed E-state index contributed by atoms with van der Waals surface area (Å²) in [4.78, 5) is 28.5. The van der Waals surface area contributed by atoms with E-state index in [0.717, 1.165) is 34.0 Å². The number of fused-ring (bicyclic) bond motifs is 1. The fourth-order valence-corrected chi connectivity index (χ4v) is 4.49. The Morgan fingerprint density at radius 1 is 1.38 bits per heavy atom. The van der Waals surface area contributed by atoms with Gasteiger partial charge >= 0.3 is 5.97 Å². The summed E-state index contributed by atoms with van der Waals surface area (Å²) >= 11 is 3.31. The van der Waals surface area contributed by atoms with Crippen LogP contribution in [0.3, 0.4) is 0 Å². The molecule has 0 radical (unpaired) electrons. The second-order valence-electron chi connectivity index (χ2n) is 5.62. The van der Waals surface area contributed by atoms with Gasteiger partial charge in [-0.1, -0.05) is 48.6 Å². The van der Waals surface area contributed by atoms with Crippen molar-refractivity contribution in [3.8, 4) is 0 Å². The van der Waals surface area contributed by atoms with Gasteiger partial charge in [0.05, 0.1) is 6.54 Å². The van der Waals surface area contributed by atoms with E-state index in [4.69, 9.17) is 9.15 Å². The fraction of sp³-hybridized carbons (Fsp3) is 0.389. The lowest BCUT2D eigenvalue weighted by atomic mass is 10.1. The molecule has 0 atom stereocenters. The number of amides is 1. The summed E-state index contributed by atoms with van der Waals surface area (Å²) in [6, 6.07) is 7.49. The van der Waals surface area contributed by atoms with Gasteiger partial charge in [-0.3, -0.25) is 9.79 Å².